The first kappa shape index (κ1) is 65.8. The molecule has 2 unspecified atom stereocenters. The molecule has 0 bridgehead atoms. The van der Waals surface area contributed by atoms with E-state index in [1.807, 2.05) is 6.08 Å². The molecule has 0 spiro atoms. The van der Waals surface area contributed by atoms with Crippen molar-refractivity contribution >= 4 is 11.9 Å². The Balaban J connectivity index is 3.47. The third-order valence-corrected chi connectivity index (χ3v) is 13.5. The van der Waals surface area contributed by atoms with Crippen LogP contribution in [-0.4, -0.2) is 47.4 Å². The van der Waals surface area contributed by atoms with E-state index in [9.17, 15) is 19.8 Å². The Morgan fingerprint density at radius 2 is 0.765 bits per heavy atom. The van der Waals surface area contributed by atoms with Gasteiger partial charge in [-0.25, -0.2) is 0 Å². The average molecular weight is 955 g/mol. The number of allylic oxidation sites excluding steroid dienone is 7. The van der Waals surface area contributed by atoms with Crippen molar-refractivity contribution < 1.29 is 24.5 Å². The van der Waals surface area contributed by atoms with Gasteiger partial charge in [-0.2, -0.15) is 0 Å². The molecule has 6 heteroatoms. The van der Waals surface area contributed by atoms with Crippen molar-refractivity contribution in [3.63, 3.8) is 0 Å². The molecular weight excluding hydrogens is 839 g/mol. The van der Waals surface area contributed by atoms with Gasteiger partial charge in [-0.15, -0.1) is 0 Å². The molecule has 0 rings (SSSR count). The molecule has 0 aromatic rings. The van der Waals surface area contributed by atoms with Gasteiger partial charge in [0.25, 0.3) is 0 Å². The van der Waals surface area contributed by atoms with E-state index in [4.69, 9.17) is 4.74 Å². The van der Waals surface area contributed by atoms with Crippen LogP contribution in [0.5, 0.6) is 0 Å². The van der Waals surface area contributed by atoms with Crippen molar-refractivity contribution in [3.8, 4) is 0 Å². The molecule has 0 heterocycles. The summed E-state index contributed by atoms with van der Waals surface area (Å²) in [5.41, 5.74) is 0. The lowest BCUT2D eigenvalue weighted by Gasteiger charge is -2.20. The molecule has 0 fully saturated rings. The number of carbonyl (C=O) groups is 2. The number of nitrogens with one attached hydrogen (secondary N) is 1. The summed E-state index contributed by atoms with van der Waals surface area (Å²) in [7, 11) is 0. The monoisotopic (exact) mass is 954 g/mol. The summed E-state index contributed by atoms with van der Waals surface area (Å²) in [5.74, 6) is -0.0834. The Bertz CT molecular complexity index is 1150. The van der Waals surface area contributed by atoms with Crippen LogP contribution < -0.4 is 5.32 Å². The fourth-order valence-electron chi connectivity index (χ4n) is 8.96. The zero-order chi connectivity index (χ0) is 49.3. The van der Waals surface area contributed by atoms with Crippen molar-refractivity contribution in [1.29, 1.82) is 0 Å². The SMILES string of the molecule is CCC/C=C\C/C=C\CCCCCCCC(=O)OCCCCCCCCCCCC/C=C\CCCCCCCCCC(=O)NC(CO)C(O)/C=C/CCCCCCCCCCCCCCCCC. The van der Waals surface area contributed by atoms with Gasteiger partial charge in [-0.3, -0.25) is 9.59 Å². The first-order chi connectivity index (χ1) is 33.5. The van der Waals surface area contributed by atoms with E-state index >= 15 is 0 Å². The highest BCUT2D eigenvalue weighted by atomic mass is 16.5. The van der Waals surface area contributed by atoms with Gasteiger partial charge in [-0.05, 0) is 83.5 Å². The first-order valence-electron chi connectivity index (χ1n) is 29.9. The van der Waals surface area contributed by atoms with E-state index in [2.05, 4.69) is 55.6 Å². The molecule has 68 heavy (non-hydrogen) atoms. The summed E-state index contributed by atoms with van der Waals surface area (Å²) in [5, 5.41) is 23.1. The number of ether oxygens (including phenoxy) is 1. The Labute approximate surface area is 423 Å². The second-order valence-electron chi connectivity index (χ2n) is 20.3. The molecule has 2 atom stereocenters. The number of carbonyl (C=O) groups excluding carboxylic acids is 2. The Morgan fingerprint density at radius 1 is 0.412 bits per heavy atom. The van der Waals surface area contributed by atoms with Crippen LogP contribution in [0.15, 0.2) is 48.6 Å². The zero-order valence-electron chi connectivity index (χ0n) is 45.3. The average Bonchev–Trinajstić information content (AvgIpc) is 3.34. The normalized spacial score (nSPS) is 12.9. The van der Waals surface area contributed by atoms with E-state index in [0.717, 1.165) is 57.8 Å². The number of hydrogen-bond acceptors (Lipinski definition) is 5. The highest BCUT2D eigenvalue weighted by molar-refractivity contribution is 5.76. The molecule has 0 aliphatic rings. The number of aliphatic hydroxyl groups excluding tert-OH is 2. The van der Waals surface area contributed by atoms with Crippen LogP contribution in [0, 0.1) is 0 Å². The third-order valence-electron chi connectivity index (χ3n) is 13.5. The fraction of sp³-hybridized carbons (Fsp3) is 0.839. The summed E-state index contributed by atoms with van der Waals surface area (Å²) in [6, 6.07) is -0.635. The molecule has 0 aliphatic heterocycles. The second kappa shape index (κ2) is 57.4. The van der Waals surface area contributed by atoms with Crippen LogP contribution in [0.4, 0.5) is 0 Å². The number of unbranched alkanes of at least 4 members (excludes halogenated alkanes) is 38. The number of esters is 1. The van der Waals surface area contributed by atoms with E-state index in [1.54, 1.807) is 6.08 Å². The summed E-state index contributed by atoms with van der Waals surface area (Å²) < 4.78 is 5.46. The van der Waals surface area contributed by atoms with Crippen molar-refractivity contribution in [1.82, 2.24) is 5.32 Å². The predicted molar refractivity (Wildman–Crippen MR) is 296 cm³/mol. The number of amides is 1. The van der Waals surface area contributed by atoms with Gasteiger partial charge < -0.3 is 20.3 Å². The van der Waals surface area contributed by atoms with Crippen LogP contribution in [-0.2, 0) is 14.3 Å². The van der Waals surface area contributed by atoms with Crippen molar-refractivity contribution in [3.05, 3.63) is 48.6 Å². The van der Waals surface area contributed by atoms with Crippen molar-refractivity contribution in [2.24, 2.45) is 0 Å². The molecule has 0 radical (unpaired) electrons. The third kappa shape index (κ3) is 53.2. The molecule has 0 aromatic heterocycles. The maximum atomic E-state index is 12.5. The van der Waals surface area contributed by atoms with E-state index in [0.29, 0.717) is 19.4 Å². The number of rotatable bonds is 55. The van der Waals surface area contributed by atoms with Gasteiger partial charge >= 0.3 is 5.97 Å². The molecule has 3 N–H and O–H groups in total. The van der Waals surface area contributed by atoms with Gasteiger partial charge in [-0.1, -0.05) is 262 Å². The second-order valence-corrected chi connectivity index (χ2v) is 20.3. The van der Waals surface area contributed by atoms with E-state index in [-0.39, 0.29) is 18.5 Å². The smallest absolute Gasteiger partial charge is 0.305 e. The molecule has 0 aliphatic carbocycles. The van der Waals surface area contributed by atoms with Gasteiger partial charge in [0.15, 0.2) is 0 Å². The topological polar surface area (TPSA) is 95.9 Å². The number of hydrogen-bond donors (Lipinski definition) is 3. The lowest BCUT2D eigenvalue weighted by Crippen LogP contribution is -2.45. The molecule has 0 saturated carbocycles. The molecule has 6 nitrogen and oxygen atoms in total. The van der Waals surface area contributed by atoms with Crippen molar-refractivity contribution in [2.75, 3.05) is 13.2 Å². The lowest BCUT2D eigenvalue weighted by atomic mass is 10.0. The highest BCUT2D eigenvalue weighted by Gasteiger charge is 2.18. The minimum absolute atomic E-state index is 0.00820. The standard InChI is InChI=1S/C62H115NO5/c1-3-5-7-9-11-13-15-17-18-24-27-31-34-38-42-46-50-54-60(65)59(58-64)63-61(66)55-51-47-43-39-35-32-28-25-22-20-19-21-23-26-29-33-37-41-45-49-53-57-68-62(67)56-52-48-44-40-36-30-16-14-12-10-8-6-4-2/h8,10,14,16,20,22,50,54,59-60,64-65H,3-7,9,11-13,15,17-19,21,23-49,51-53,55-58H2,1-2H3,(H,63,66)/b10-8-,16-14-,22-20-,54-50+. The summed E-state index contributed by atoms with van der Waals surface area (Å²) in [6.07, 6.45) is 72.8. The van der Waals surface area contributed by atoms with Crippen LogP contribution in [0.3, 0.4) is 0 Å². The van der Waals surface area contributed by atoms with Gasteiger partial charge in [0.2, 0.25) is 5.91 Å². The van der Waals surface area contributed by atoms with Gasteiger partial charge in [0, 0.05) is 12.8 Å². The Morgan fingerprint density at radius 3 is 1.19 bits per heavy atom. The molecule has 398 valence electrons. The molecule has 0 aromatic carbocycles. The highest BCUT2D eigenvalue weighted by Crippen LogP contribution is 2.16. The minimum Gasteiger partial charge on any atom is -0.466 e. The van der Waals surface area contributed by atoms with Crippen LogP contribution in [0.1, 0.15) is 309 Å². The fourth-order valence-corrected chi connectivity index (χ4v) is 8.96. The summed E-state index contributed by atoms with van der Waals surface area (Å²) in [6.45, 7) is 4.83. The minimum atomic E-state index is -0.850. The van der Waals surface area contributed by atoms with Gasteiger partial charge in [0.1, 0.15) is 0 Å². The Hall–Kier alpha value is -2.18. The summed E-state index contributed by atoms with van der Waals surface area (Å²) >= 11 is 0. The van der Waals surface area contributed by atoms with Crippen molar-refractivity contribution in [2.45, 2.75) is 321 Å². The molecule has 0 saturated heterocycles. The summed E-state index contributed by atoms with van der Waals surface area (Å²) in [4.78, 5) is 24.5. The lowest BCUT2D eigenvalue weighted by molar-refractivity contribution is -0.143. The maximum absolute atomic E-state index is 12.5. The van der Waals surface area contributed by atoms with E-state index < -0.39 is 12.1 Å². The van der Waals surface area contributed by atoms with Gasteiger partial charge in [0.05, 0.1) is 25.4 Å². The van der Waals surface area contributed by atoms with Crippen LogP contribution >= 0.6 is 0 Å². The molecular formula is C62H115NO5. The van der Waals surface area contributed by atoms with Crippen LogP contribution in [0.2, 0.25) is 0 Å². The zero-order valence-corrected chi connectivity index (χ0v) is 45.3. The Kier molecular flexibility index (Phi) is 55.6. The quantitative estimate of drug-likeness (QED) is 0.0321. The predicted octanol–water partition coefficient (Wildman–Crippen LogP) is 18.6. The first-order valence-corrected chi connectivity index (χ1v) is 29.9. The maximum Gasteiger partial charge on any atom is 0.305 e. The molecule has 1 amide bonds. The van der Waals surface area contributed by atoms with E-state index in [1.165, 1.54) is 225 Å². The number of aliphatic hydroxyl groups is 2. The van der Waals surface area contributed by atoms with Crippen LogP contribution in [0.25, 0.3) is 0 Å². The largest absolute Gasteiger partial charge is 0.466 e.